The number of anilines is 1. The van der Waals surface area contributed by atoms with Crippen molar-refractivity contribution in [3.05, 3.63) is 36.0 Å². The van der Waals surface area contributed by atoms with E-state index in [0.717, 1.165) is 41.7 Å². The van der Waals surface area contributed by atoms with Crippen LogP contribution >= 0.6 is 0 Å². The van der Waals surface area contributed by atoms with E-state index in [1.165, 1.54) is 0 Å². The molecule has 0 saturated carbocycles. The highest BCUT2D eigenvalue weighted by Gasteiger charge is 2.19. The second kappa shape index (κ2) is 4.41. The Morgan fingerprint density at radius 2 is 2.11 bits per heavy atom. The van der Waals surface area contributed by atoms with E-state index >= 15 is 0 Å². The van der Waals surface area contributed by atoms with Gasteiger partial charge in [0.1, 0.15) is 0 Å². The summed E-state index contributed by atoms with van der Waals surface area (Å²) in [5.74, 6) is 0.333. The Hall–Kier alpha value is -1.90. The summed E-state index contributed by atoms with van der Waals surface area (Å²) < 4.78 is 0. The highest BCUT2D eigenvalue weighted by Crippen LogP contribution is 2.28. The second-order valence-corrected chi connectivity index (χ2v) is 4.86. The lowest BCUT2D eigenvalue weighted by Crippen LogP contribution is -2.35. The van der Waals surface area contributed by atoms with Gasteiger partial charge in [0, 0.05) is 29.7 Å². The van der Waals surface area contributed by atoms with Crippen molar-refractivity contribution in [2.24, 2.45) is 0 Å². The van der Waals surface area contributed by atoms with Crippen LogP contribution in [0.2, 0.25) is 0 Å². The lowest BCUT2D eigenvalue weighted by Gasteiger charge is -2.29. The Labute approximate surface area is 106 Å². The van der Waals surface area contributed by atoms with Crippen LogP contribution in [0.15, 0.2) is 30.3 Å². The maximum atomic E-state index is 11.6. The number of aryl methyl sites for hydroxylation is 1. The van der Waals surface area contributed by atoms with E-state index in [1.807, 2.05) is 25.1 Å². The molecule has 3 nitrogen and oxygen atoms in total. The molecule has 0 bridgehead atoms. The molecule has 0 spiro atoms. The number of hydrogen-bond acceptors (Lipinski definition) is 3. The van der Waals surface area contributed by atoms with E-state index < -0.39 is 0 Å². The molecular formula is C15H16N2O. The van der Waals surface area contributed by atoms with Crippen molar-refractivity contribution >= 4 is 22.4 Å². The van der Waals surface area contributed by atoms with Gasteiger partial charge >= 0.3 is 0 Å². The first kappa shape index (κ1) is 11.2. The van der Waals surface area contributed by atoms with E-state index in [4.69, 9.17) is 0 Å². The molecular weight excluding hydrogens is 224 g/mol. The molecule has 0 radical (unpaired) electrons. The number of para-hydroxylation sites is 1. The van der Waals surface area contributed by atoms with Crippen LogP contribution in [0.4, 0.5) is 5.69 Å². The van der Waals surface area contributed by atoms with E-state index in [0.29, 0.717) is 12.3 Å². The predicted molar refractivity (Wildman–Crippen MR) is 72.9 cm³/mol. The number of ketones is 1. The summed E-state index contributed by atoms with van der Waals surface area (Å²) in [4.78, 5) is 18.3. The van der Waals surface area contributed by atoms with Crippen molar-refractivity contribution < 1.29 is 4.79 Å². The average molecular weight is 240 g/mol. The fourth-order valence-corrected chi connectivity index (χ4v) is 2.59. The molecule has 0 unspecified atom stereocenters. The van der Waals surface area contributed by atoms with Gasteiger partial charge in [-0.15, -0.1) is 0 Å². The number of carbonyl (C=O) groups excluding carboxylic acids is 1. The van der Waals surface area contributed by atoms with Crippen LogP contribution in [0.5, 0.6) is 0 Å². The van der Waals surface area contributed by atoms with Gasteiger partial charge in [0.05, 0.1) is 12.1 Å². The van der Waals surface area contributed by atoms with Crippen molar-refractivity contribution in [1.29, 1.82) is 0 Å². The summed E-state index contributed by atoms with van der Waals surface area (Å²) in [7, 11) is 0. The summed E-state index contributed by atoms with van der Waals surface area (Å²) in [5.41, 5.74) is 3.15. The molecule has 0 amide bonds. The summed E-state index contributed by atoms with van der Waals surface area (Å²) in [6.07, 6.45) is 1.67. The zero-order valence-electron chi connectivity index (χ0n) is 10.5. The quantitative estimate of drug-likeness (QED) is 0.768. The molecule has 3 rings (SSSR count). The maximum absolute atomic E-state index is 11.6. The number of pyridine rings is 1. The van der Waals surface area contributed by atoms with Crippen LogP contribution in [0, 0.1) is 6.92 Å². The maximum Gasteiger partial charge on any atom is 0.152 e. The number of Topliss-reactive ketones (excluding diaryl/α,β-unsaturated/α-hetero) is 1. The Kier molecular flexibility index (Phi) is 2.74. The van der Waals surface area contributed by atoms with Crippen LogP contribution < -0.4 is 4.90 Å². The Bertz CT molecular complexity index is 606. The number of aromatic nitrogens is 1. The highest BCUT2D eigenvalue weighted by molar-refractivity contribution is 5.94. The third-order valence-electron chi connectivity index (χ3n) is 3.41. The number of piperidine rings is 1. The molecule has 1 aliphatic heterocycles. The molecule has 1 aromatic heterocycles. The minimum Gasteiger partial charge on any atom is -0.364 e. The first-order valence-electron chi connectivity index (χ1n) is 6.37. The van der Waals surface area contributed by atoms with E-state index in [2.05, 4.69) is 22.0 Å². The zero-order chi connectivity index (χ0) is 12.5. The first-order valence-corrected chi connectivity index (χ1v) is 6.37. The smallest absolute Gasteiger partial charge is 0.152 e. The van der Waals surface area contributed by atoms with Crippen LogP contribution in [0.1, 0.15) is 18.5 Å². The largest absolute Gasteiger partial charge is 0.364 e. The molecule has 2 aromatic rings. The molecule has 3 heteroatoms. The van der Waals surface area contributed by atoms with Crippen molar-refractivity contribution in [3.8, 4) is 0 Å². The number of rotatable bonds is 1. The topological polar surface area (TPSA) is 33.2 Å². The van der Waals surface area contributed by atoms with Gasteiger partial charge in [-0.2, -0.15) is 0 Å². The first-order chi connectivity index (χ1) is 8.74. The summed E-state index contributed by atoms with van der Waals surface area (Å²) in [5, 5.41) is 1.14. The normalized spacial score (nSPS) is 16.3. The lowest BCUT2D eigenvalue weighted by atomic mass is 10.1. The molecule has 1 fully saturated rings. The summed E-state index contributed by atoms with van der Waals surface area (Å²) in [6, 6.07) is 10.2. The summed E-state index contributed by atoms with van der Waals surface area (Å²) in [6.45, 7) is 3.49. The van der Waals surface area contributed by atoms with Crippen LogP contribution in [0.25, 0.3) is 10.9 Å². The zero-order valence-corrected chi connectivity index (χ0v) is 10.5. The van der Waals surface area contributed by atoms with E-state index in [9.17, 15) is 4.79 Å². The fraction of sp³-hybridized carbons (Fsp3) is 0.333. The number of carbonyl (C=O) groups is 1. The standard InChI is InChI=1S/C15H16N2O/c1-11-9-15(17-8-4-5-12(18)10-17)13-6-2-3-7-14(13)16-11/h2-3,6-7,9H,4-5,8,10H2,1H3. The molecule has 1 aromatic carbocycles. The summed E-state index contributed by atoms with van der Waals surface area (Å²) >= 11 is 0. The Morgan fingerprint density at radius 3 is 2.94 bits per heavy atom. The van der Waals surface area contributed by atoms with Crippen molar-refractivity contribution in [3.63, 3.8) is 0 Å². The molecule has 1 saturated heterocycles. The molecule has 0 N–H and O–H groups in total. The predicted octanol–water partition coefficient (Wildman–Crippen LogP) is 2.71. The van der Waals surface area contributed by atoms with Gasteiger partial charge in [-0.1, -0.05) is 18.2 Å². The number of benzene rings is 1. The second-order valence-electron chi connectivity index (χ2n) is 4.86. The average Bonchev–Trinajstić information content (AvgIpc) is 2.37. The van der Waals surface area contributed by atoms with Gasteiger partial charge in [0.15, 0.2) is 5.78 Å². The third kappa shape index (κ3) is 1.96. The molecule has 0 aliphatic carbocycles. The van der Waals surface area contributed by atoms with Crippen molar-refractivity contribution in [2.45, 2.75) is 19.8 Å². The Morgan fingerprint density at radius 1 is 1.28 bits per heavy atom. The van der Waals surface area contributed by atoms with Crippen LogP contribution in [0.3, 0.4) is 0 Å². The highest BCUT2D eigenvalue weighted by atomic mass is 16.1. The van der Waals surface area contributed by atoms with Crippen LogP contribution in [-0.2, 0) is 4.79 Å². The monoisotopic (exact) mass is 240 g/mol. The minimum absolute atomic E-state index is 0.333. The SMILES string of the molecule is Cc1cc(N2CCCC(=O)C2)c2ccccc2n1. The molecule has 1 aliphatic rings. The molecule has 2 heterocycles. The van der Waals surface area contributed by atoms with E-state index in [-0.39, 0.29) is 0 Å². The lowest BCUT2D eigenvalue weighted by molar-refractivity contribution is -0.118. The number of hydrogen-bond donors (Lipinski definition) is 0. The minimum atomic E-state index is 0.333. The van der Waals surface area contributed by atoms with Gasteiger partial charge in [0.25, 0.3) is 0 Å². The fourth-order valence-electron chi connectivity index (χ4n) is 2.59. The Balaban J connectivity index is 2.12. The number of fused-ring (bicyclic) bond motifs is 1. The van der Waals surface area contributed by atoms with Gasteiger partial charge in [-0.05, 0) is 25.5 Å². The molecule has 92 valence electrons. The third-order valence-corrected chi connectivity index (χ3v) is 3.41. The number of nitrogens with zero attached hydrogens (tertiary/aromatic N) is 2. The van der Waals surface area contributed by atoms with Crippen LogP contribution in [-0.4, -0.2) is 23.9 Å². The van der Waals surface area contributed by atoms with Crippen molar-refractivity contribution in [1.82, 2.24) is 4.98 Å². The van der Waals surface area contributed by atoms with Gasteiger partial charge in [-0.3, -0.25) is 9.78 Å². The van der Waals surface area contributed by atoms with Crippen molar-refractivity contribution in [2.75, 3.05) is 18.0 Å². The van der Waals surface area contributed by atoms with Gasteiger partial charge in [-0.25, -0.2) is 0 Å². The van der Waals surface area contributed by atoms with Gasteiger partial charge < -0.3 is 4.90 Å². The van der Waals surface area contributed by atoms with Gasteiger partial charge in [0.2, 0.25) is 0 Å². The van der Waals surface area contributed by atoms with E-state index in [1.54, 1.807) is 0 Å². The molecule has 18 heavy (non-hydrogen) atoms. The molecule has 0 atom stereocenters.